The third kappa shape index (κ3) is 5.27. The van der Waals surface area contributed by atoms with Crippen LogP contribution in [0.4, 0.5) is 0 Å². The first-order valence-corrected chi connectivity index (χ1v) is 12.1. The zero-order chi connectivity index (χ0) is 22.7. The maximum Gasteiger partial charge on any atom is 0.265 e. The molecule has 4 rings (SSSR count). The maximum absolute atomic E-state index is 12.3. The number of ether oxygens (including phenoxy) is 1. The van der Waals surface area contributed by atoms with Crippen molar-refractivity contribution >= 4 is 16.8 Å². The van der Waals surface area contributed by atoms with Crippen molar-refractivity contribution in [2.75, 3.05) is 45.9 Å². The fourth-order valence-corrected chi connectivity index (χ4v) is 5.11. The molecule has 7 heteroatoms. The van der Waals surface area contributed by atoms with Crippen LogP contribution in [0.1, 0.15) is 56.1 Å². The predicted octanol–water partition coefficient (Wildman–Crippen LogP) is 2.87. The van der Waals surface area contributed by atoms with Crippen LogP contribution in [0.2, 0.25) is 0 Å². The van der Waals surface area contributed by atoms with E-state index in [4.69, 9.17) is 10.5 Å². The topological polar surface area (TPSA) is 84.0 Å². The molecular formula is C25H38N4O3. The molecule has 7 nitrogen and oxygen atoms in total. The molecule has 3 N–H and O–H groups in total. The van der Waals surface area contributed by atoms with Gasteiger partial charge in [0.25, 0.3) is 5.91 Å². The van der Waals surface area contributed by atoms with Gasteiger partial charge in [-0.05, 0) is 56.3 Å². The highest BCUT2D eigenvalue weighted by molar-refractivity contribution is 5.99. The molecule has 3 heterocycles. The number of carbonyl (C=O) groups is 1. The highest BCUT2D eigenvalue weighted by Crippen LogP contribution is 2.35. The second kappa shape index (κ2) is 10.2. The summed E-state index contributed by atoms with van der Waals surface area (Å²) in [6, 6.07) is 8.20. The van der Waals surface area contributed by atoms with Crippen LogP contribution in [-0.2, 0) is 0 Å². The van der Waals surface area contributed by atoms with Gasteiger partial charge in [0, 0.05) is 44.2 Å². The van der Waals surface area contributed by atoms with Crippen molar-refractivity contribution in [1.29, 1.82) is 0 Å². The number of fused-ring (bicyclic) bond motifs is 1. The number of likely N-dealkylation sites (tertiary alicyclic amines) is 2. The quantitative estimate of drug-likeness (QED) is 0.657. The molecule has 2 aliphatic rings. The summed E-state index contributed by atoms with van der Waals surface area (Å²) in [5.74, 6) is 0.862. The number of β-amino-alcohol motifs (C(OH)–C–C–N with tert-alkyl or cyclic N) is 1. The molecule has 176 valence electrons. The molecule has 0 aliphatic carbocycles. The van der Waals surface area contributed by atoms with Crippen molar-refractivity contribution in [2.24, 2.45) is 11.7 Å². The molecule has 0 saturated carbocycles. The van der Waals surface area contributed by atoms with Crippen LogP contribution < -0.4 is 10.5 Å². The SMILES string of the molecule is CC(C)COc1cccc2c1cc(C(N)=O)n2C1CCN(CCN2CCC[C@@H](O)C2)CC1. The number of carbonyl (C=O) groups excluding carboxylic acids is 1. The number of amides is 1. The number of nitrogens with zero attached hydrogens (tertiary/aromatic N) is 3. The zero-order valence-electron chi connectivity index (χ0n) is 19.5. The van der Waals surface area contributed by atoms with Crippen molar-refractivity contribution in [3.05, 3.63) is 30.0 Å². The predicted molar refractivity (Wildman–Crippen MR) is 127 cm³/mol. The van der Waals surface area contributed by atoms with Gasteiger partial charge in [0.1, 0.15) is 11.4 Å². The number of nitrogens with two attached hydrogens (primary N) is 1. The minimum absolute atomic E-state index is 0.168. The Kier molecular flexibility index (Phi) is 7.38. The summed E-state index contributed by atoms with van der Waals surface area (Å²) >= 11 is 0. The van der Waals surface area contributed by atoms with E-state index in [1.54, 1.807) is 0 Å². The standard InChI is InChI=1S/C25H38N4O3/c1-18(2)17-32-24-7-3-6-22-21(24)15-23(25(26)31)29(22)19-8-11-27(12-9-19)13-14-28-10-4-5-20(30)16-28/h3,6-7,15,18-20,30H,4-5,8-14,16-17H2,1-2H3,(H2,26,31)/t20-/m1/s1. The fourth-order valence-electron chi connectivity index (χ4n) is 5.11. The van der Waals surface area contributed by atoms with E-state index >= 15 is 0 Å². The van der Waals surface area contributed by atoms with E-state index < -0.39 is 0 Å². The lowest BCUT2D eigenvalue weighted by Gasteiger charge is -2.36. The molecule has 32 heavy (non-hydrogen) atoms. The molecule has 1 atom stereocenters. The molecule has 2 aromatic rings. The molecular weight excluding hydrogens is 404 g/mol. The Morgan fingerprint density at radius 2 is 1.91 bits per heavy atom. The Hall–Kier alpha value is -2.09. The molecule has 1 aromatic carbocycles. The van der Waals surface area contributed by atoms with Gasteiger partial charge in [-0.15, -0.1) is 0 Å². The van der Waals surface area contributed by atoms with Crippen LogP contribution in [0.15, 0.2) is 24.3 Å². The van der Waals surface area contributed by atoms with Crippen molar-refractivity contribution < 1.29 is 14.6 Å². The third-order valence-corrected chi connectivity index (χ3v) is 6.80. The second-order valence-electron chi connectivity index (χ2n) is 9.83. The molecule has 0 bridgehead atoms. The normalized spacial score (nSPS) is 21.4. The summed E-state index contributed by atoms with van der Waals surface area (Å²) in [7, 11) is 0. The number of hydrogen-bond acceptors (Lipinski definition) is 5. The van der Waals surface area contributed by atoms with Crippen LogP contribution in [0.5, 0.6) is 5.75 Å². The monoisotopic (exact) mass is 442 g/mol. The molecule has 2 aliphatic heterocycles. The lowest BCUT2D eigenvalue weighted by Crippen LogP contribution is -2.44. The molecule has 0 radical (unpaired) electrons. The van der Waals surface area contributed by atoms with Crippen molar-refractivity contribution in [3.63, 3.8) is 0 Å². The number of rotatable bonds is 8. The minimum Gasteiger partial charge on any atom is -0.493 e. The Bertz CT molecular complexity index is 917. The number of aliphatic hydroxyl groups is 1. The van der Waals surface area contributed by atoms with Gasteiger partial charge in [-0.2, -0.15) is 0 Å². The Morgan fingerprint density at radius 3 is 2.59 bits per heavy atom. The molecule has 1 amide bonds. The van der Waals surface area contributed by atoms with E-state index in [2.05, 4.69) is 34.3 Å². The number of primary amides is 1. The Balaban J connectivity index is 1.45. The van der Waals surface area contributed by atoms with Crippen LogP contribution in [0.3, 0.4) is 0 Å². The Labute approximate surface area is 191 Å². The summed E-state index contributed by atoms with van der Waals surface area (Å²) in [6.45, 7) is 10.8. The van der Waals surface area contributed by atoms with E-state index in [1.807, 2.05) is 18.2 Å². The lowest BCUT2D eigenvalue weighted by molar-refractivity contribution is 0.0614. The van der Waals surface area contributed by atoms with E-state index in [0.717, 1.165) is 81.6 Å². The number of hydrogen-bond donors (Lipinski definition) is 2. The summed E-state index contributed by atoms with van der Waals surface area (Å²) in [6.07, 6.45) is 3.83. The first kappa shape index (κ1) is 23.1. The van der Waals surface area contributed by atoms with Crippen LogP contribution in [0, 0.1) is 5.92 Å². The highest BCUT2D eigenvalue weighted by Gasteiger charge is 2.27. The summed E-state index contributed by atoms with van der Waals surface area (Å²) in [4.78, 5) is 17.2. The van der Waals surface area contributed by atoms with Gasteiger partial charge in [0.05, 0.1) is 18.2 Å². The van der Waals surface area contributed by atoms with Crippen molar-refractivity contribution in [1.82, 2.24) is 14.4 Å². The molecule has 2 saturated heterocycles. The number of benzene rings is 1. The zero-order valence-corrected chi connectivity index (χ0v) is 19.5. The van der Waals surface area contributed by atoms with E-state index in [9.17, 15) is 9.90 Å². The third-order valence-electron chi connectivity index (χ3n) is 6.80. The van der Waals surface area contributed by atoms with Gasteiger partial charge >= 0.3 is 0 Å². The Morgan fingerprint density at radius 1 is 1.16 bits per heavy atom. The van der Waals surface area contributed by atoms with Crippen LogP contribution in [-0.4, -0.2) is 77.4 Å². The van der Waals surface area contributed by atoms with E-state index in [0.29, 0.717) is 18.2 Å². The summed E-state index contributed by atoms with van der Waals surface area (Å²) in [5, 5.41) is 10.9. The van der Waals surface area contributed by atoms with Gasteiger partial charge in [-0.25, -0.2) is 0 Å². The van der Waals surface area contributed by atoms with E-state index in [1.165, 1.54) is 0 Å². The van der Waals surface area contributed by atoms with Gasteiger partial charge < -0.3 is 25.0 Å². The van der Waals surface area contributed by atoms with Crippen LogP contribution >= 0.6 is 0 Å². The number of aliphatic hydroxyl groups excluding tert-OH is 1. The first-order chi connectivity index (χ1) is 15.4. The summed E-state index contributed by atoms with van der Waals surface area (Å²) < 4.78 is 8.19. The second-order valence-corrected chi connectivity index (χ2v) is 9.83. The van der Waals surface area contributed by atoms with Gasteiger partial charge in [0.15, 0.2) is 0 Å². The number of aromatic nitrogens is 1. The maximum atomic E-state index is 12.3. The van der Waals surface area contributed by atoms with Gasteiger partial charge in [0.2, 0.25) is 0 Å². The lowest BCUT2D eigenvalue weighted by atomic mass is 10.0. The molecule has 0 spiro atoms. The largest absolute Gasteiger partial charge is 0.493 e. The molecule has 2 fully saturated rings. The molecule has 1 aromatic heterocycles. The fraction of sp³-hybridized carbons (Fsp3) is 0.640. The number of piperidine rings is 2. The van der Waals surface area contributed by atoms with Crippen molar-refractivity contribution in [2.45, 2.75) is 51.7 Å². The van der Waals surface area contributed by atoms with Gasteiger partial charge in [-0.1, -0.05) is 19.9 Å². The average Bonchev–Trinajstić information content (AvgIpc) is 3.17. The van der Waals surface area contributed by atoms with E-state index in [-0.39, 0.29) is 18.1 Å². The molecule has 0 unspecified atom stereocenters. The first-order valence-electron chi connectivity index (χ1n) is 12.1. The van der Waals surface area contributed by atoms with Gasteiger partial charge in [-0.3, -0.25) is 9.69 Å². The van der Waals surface area contributed by atoms with Crippen LogP contribution in [0.25, 0.3) is 10.9 Å². The summed E-state index contributed by atoms with van der Waals surface area (Å²) in [5.41, 5.74) is 7.39. The van der Waals surface area contributed by atoms with Crippen molar-refractivity contribution in [3.8, 4) is 5.75 Å². The smallest absolute Gasteiger partial charge is 0.265 e. The average molecular weight is 443 g/mol. The highest BCUT2D eigenvalue weighted by atomic mass is 16.5. The minimum atomic E-state index is -0.387.